The van der Waals surface area contributed by atoms with Crippen molar-refractivity contribution >= 4 is 25.1 Å². The van der Waals surface area contributed by atoms with Crippen molar-refractivity contribution in [3.63, 3.8) is 0 Å². The number of aliphatic carboxylic acids is 1. The van der Waals surface area contributed by atoms with Gasteiger partial charge in [-0.3, -0.25) is 0 Å². The summed E-state index contributed by atoms with van der Waals surface area (Å²) in [5, 5.41) is 12.4. The molecule has 0 amide bonds. The Bertz CT molecular complexity index is 335. The molecular formula is C5H4N2O2Se. The van der Waals surface area contributed by atoms with E-state index >= 15 is 0 Å². The molecule has 0 saturated carbocycles. The first-order valence-electron chi connectivity index (χ1n) is 2.74. The Kier molecular flexibility index (Phi) is 1.09. The van der Waals surface area contributed by atoms with E-state index in [0.717, 1.165) is 9.95 Å². The van der Waals surface area contributed by atoms with Gasteiger partial charge in [0.15, 0.2) is 0 Å². The maximum atomic E-state index is 10.2. The third-order valence-corrected chi connectivity index (χ3v) is 3.12. The van der Waals surface area contributed by atoms with Crippen LogP contribution in [0.3, 0.4) is 0 Å². The molecule has 5 heteroatoms. The molecule has 0 aliphatic rings. The Morgan fingerprint density at radius 2 is 2.60 bits per heavy atom. The quantitative estimate of drug-likeness (QED) is 0.666. The Balaban J connectivity index is 2.29. The molecule has 0 aliphatic carbocycles. The van der Waals surface area contributed by atoms with Crippen molar-refractivity contribution in [2.24, 2.45) is 0 Å². The van der Waals surface area contributed by atoms with Crippen LogP contribution in [0, 0.1) is 0 Å². The second-order valence-corrected chi connectivity index (χ2v) is 4.00. The van der Waals surface area contributed by atoms with E-state index in [1.54, 1.807) is 3.51 Å². The maximum absolute atomic E-state index is 10.2. The van der Waals surface area contributed by atoms with Gasteiger partial charge in [-0.05, 0) is 0 Å². The van der Waals surface area contributed by atoms with Gasteiger partial charge in [0.2, 0.25) is 0 Å². The number of nitrogens with zero attached hydrogens (tertiary/aromatic N) is 2. The molecule has 1 N–H and O–H groups in total. The van der Waals surface area contributed by atoms with Crippen molar-refractivity contribution in [1.29, 1.82) is 0 Å². The average Bonchev–Trinajstić information content (AvgIpc) is 2.16. The summed E-state index contributed by atoms with van der Waals surface area (Å²) in [6.07, 6.45) is 1.93. The van der Waals surface area contributed by atoms with Crippen LogP contribution in [-0.2, 0) is 11.2 Å². The van der Waals surface area contributed by atoms with E-state index in [4.69, 9.17) is 5.11 Å². The average molecular weight is 203 g/mol. The van der Waals surface area contributed by atoms with Crippen LogP contribution in [0.1, 0.15) is 5.56 Å². The summed E-state index contributed by atoms with van der Waals surface area (Å²) in [6, 6.07) is 0. The first-order valence-corrected chi connectivity index (χ1v) is 4.36. The Labute approximate surface area is 62.4 Å². The summed E-state index contributed by atoms with van der Waals surface area (Å²) in [4.78, 5) is 10.2. The number of carboxylic acid groups (broad SMARTS) is 1. The van der Waals surface area contributed by atoms with Crippen molar-refractivity contribution in [3.8, 4) is 0 Å². The molecule has 0 unspecified atom stereocenters. The van der Waals surface area contributed by atoms with Gasteiger partial charge in [-0.2, -0.15) is 0 Å². The van der Waals surface area contributed by atoms with Crippen LogP contribution < -0.4 is 0 Å². The molecule has 3 rings (SSSR count). The van der Waals surface area contributed by atoms with Crippen molar-refractivity contribution in [2.45, 2.75) is 6.42 Å². The fourth-order valence-electron chi connectivity index (χ4n) is 0.835. The summed E-state index contributed by atoms with van der Waals surface area (Å²) < 4.78 is 2.80. The van der Waals surface area contributed by atoms with Gasteiger partial charge >= 0.3 is 61.8 Å². The molecule has 0 aliphatic heterocycles. The van der Waals surface area contributed by atoms with Gasteiger partial charge in [-0.25, -0.2) is 0 Å². The molecular weight excluding hydrogens is 199 g/mol. The Morgan fingerprint density at radius 1 is 1.90 bits per heavy atom. The van der Waals surface area contributed by atoms with E-state index in [0.29, 0.717) is 14.7 Å². The number of hydrogen-bond donors (Lipinski definition) is 1. The predicted octanol–water partition coefficient (Wildman–Crippen LogP) is -0.544. The molecule has 3 aromatic rings. The van der Waals surface area contributed by atoms with Gasteiger partial charge in [-0.1, -0.05) is 0 Å². The Morgan fingerprint density at radius 3 is 3.00 bits per heavy atom. The fourth-order valence-corrected chi connectivity index (χ4v) is 2.37. The molecule has 0 spiro atoms. The van der Waals surface area contributed by atoms with Gasteiger partial charge in [0.25, 0.3) is 0 Å². The molecule has 0 saturated heterocycles. The zero-order valence-electron chi connectivity index (χ0n) is 4.94. The summed E-state index contributed by atoms with van der Waals surface area (Å²) in [7, 11) is 0. The fraction of sp³-hybridized carbons (Fsp3) is 0.200. The van der Waals surface area contributed by atoms with Crippen LogP contribution >= 0.6 is 0 Å². The molecule has 0 fully saturated rings. The van der Waals surface area contributed by atoms with Crippen LogP contribution in [-0.4, -0.2) is 34.4 Å². The van der Waals surface area contributed by atoms with E-state index in [1.807, 2.05) is 6.20 Å². The number of fused-ring (bicyclic) bond motifs is 1. The summed E-state index contributed by atoms with van der Waals surface area (Å²) in [5.74, 6) is -0.779. The van der Waals surface area contributed by atoms with Gasteiger partial charge in [-0.15, -0.1) is 0 Å². The first-order chi connectivity index (χ1) is 4.75. The summed E-state index contributed by atoms with van der Waals surface area (Å²) in [5.41, 5.74) is 0.882. The molecule has 0 atom stereocenters. The van der Waals surface area contributed by atoms with E-state index < -0.39 is 5.97 Å². The molecule has 4 nitrogen and oxygen atoms in total. The zero-order chi connectivity index (χ0) is 7.14. The van der Waals surface area contributed by atoms with E-state index in [1.165, 1.54) is 0 Å². The van der Waals surface area contributed by atoms with Crippen LogP contribution in [0.2, 0.25) is 0 Å². The van der Waals surface area contributed by atoms with Crippen molar-refractivity contribution in [1.82, 2.24) is 8.61 Å². The van der Waals surface area contributed by atoms with Crippen molar-refractivity contribution in [3.05, 3.63) is 11.8 Å². The molecule has 52 valence electrons. The minimum atomic E-state index is -0.779. The monoisotopic (exact) mass is 204 g/mol. The van der Waals surface area contributed by atoms with Gasteiger partial charge in [0.1, 0.15) is 0 Å². The minimum absolute atomic E-state index is 0.122. The number of carboxylic acids is 1. The molecule has 0 aromatic carbocycles. The second-order valence-electron chi connectivity index (χ2n) is 2.02. The predicted molar refractivity (Wildman–Crippen MR) is 34.7 cm³/mol. The van der Waals surface area contributed by atoms with Crippen LogP contribution in [0.25, 0.3) is 4.39 Å². The summed E-state index contributed by atoms with van der Waals surface area (Å²) in [6.45, 7) is 0. The van der Waals surface area contributed by atoms with E-state index in [9.17, 15) is 4.79 Å². The van der Waals surface area contributed by atoms with Gasteiger partial charge in [0, 0.05) is 0 Å². The van der Waals surface area contributed by atoms with Crippen LogP contribution in [0.5, 0.6) is 0 Å². The van der Waals surface area contributed by atoms with Crippen molar-refractivity contribution < 1.29 is 9.90 Å². The van der Waals surface area contributed by atoms with E-state index in [2.05, 4.69) is 5.10 Å². The van der Waals surface area contributed by atoms with Gasteiger partial charge in [0.05, 0.1) is 0 Å². The van der Waals surface area contributed by atoms with Crippen molar-refractivity contribution in [2.75, 3.05) is 0 Å². The number of rotatable bonds is 2. The third-order valence-electron chi connectivity index (χ3n) is 1.25. The number of aromatic nitrogens is 2. The molecule has 3 heterocycles. The Hall–Kier alpha value is -0.801. The zero-order valence-corrected chi connectivity index (χ0v) is 6.66. The van der Waals surface area contributed by atoms with Crippen LogP contribution in [0.15, 0.2) is 6.20 Å². The number of hydrogen-bond acceptors (Lipinski definition) is 2. The normalized spacial score (nSPS) is 11.2. The number of carbonyl (C=O) groups is 1. The first kappa shape index (κ1) is 5.95. The SMILES string of the molecule is O=C(O)Cc1cn2nc1[se]2. The topological polar surface area (TPSA) is 54.6 Å². The van der Waals surface area contributed by atoms with Gasteiger partial charge < -0.3 is 0 Å². The van der Waals surface area contributed by atoms with Crippen LogP contribution in [0.4, 0.5) is 0 Å². The second kappa shape index (κ2) is 1.84. The molecule has 3 aromatic heterocycles. The molecule has 2 bridgehead atoms. The standard InChI is InChI=1S/C5H4N2O2Se/c8-4(9)1-3-2-7-6-5(3)10-7/h2H,1H2,(H,8,9). The third kappa shape index (κ3) is 0.751. The molecule has 0 radical (unpaired) electrons. The summed E-state index contributed by atoms with van der Waals surface area (Å²) >= 11 is 0.310. The van der Waals surface area contributed by atoms with E-state index in [-0.39, 0.29) is 6.42 Å². The molecule has 10 heavy (non-hydrogen) atoms.